The van der Waals surface area contributed by atoms with Crippen LogP contribution in [0.15, 0.2) is 29.2 Å². The minimum absolute atomic E-state index is 0.310. The van der Waals surface area contributed by atoms with E-state index in [1.165, 1.54) is 32.7 Å². The number of nitrogens with one attached hydrogen (secondary N) is 2. The monoisotopic (exact) mass is 282 g/mol. The summed E-state index contributed by atoms with van der Waals surface area (Å²) in [5, 5.41) is 3.45. The highest BCUT2D eigenvalue weighted by atomic mass is 32.2. The van der Waals surface area contributed by atoms with Gasteiger partial charge in [0.05, 0.1) is 4.90 Å². The third-order valence-electron chi connectivity index (χ3n) is 3.90. The topological polar surface area (TPSA) is 58.2 Å². The molecule has 1 fully saturated rings. The predicted octanol–water partition coefficient (Wildman–Crippen LogP) is 2.59. The number of benzene rings is 1. The molecule has 1 aliphatic rings. The molecule has 0 spiro atoms. The molecule has 1 aromatic carbocycles. The summed E-state index contributed by atoms with van der Waals surface area (Å²) in [6, 6.07) is 7.48. The van der Waals surface area contributed by atoms with Crippen LogP contribution in [0, 0.1) is 5.92 Å². The maximum atomic E-state index is 11.7. The minimum atomic E-state index is -3.36. The standard InChI is InChI=1S/C14H22N2O2S/c1-3-11-7-8-13(9-11)16-12-5-4-6-14(10-12)19(17,18)15-2/h4-6,10-11,13,15-16H,3,7-9H2,1-2H3. The second kappa shape index (κ2) is 5.92. The van der Waals surface area contributed by atoms with Crippen LogP contribution in [0.1, 0.15) is 32.6 Å². The summed E-state index contributed by atoms with van der Waals surface area (Å²) < 4.78 is 25.8. The fourth-order valence-electron chi connectivity index (χ4n) is 2.68. The van der Waals surface area contributed by atoms with Crippen molar-refractivity contribution in [2.24, 2.45) is 5.92 Å². The molecule has 4 nitrogen and oxygen atoms in total. The maximum absolute atomic E-state index is 11.7. The van der Waals surface area contributed by atoms with Gasteiger partial charge in [0, 0.05) is 11.7 Å². The summed E-state index contributed by atoms with van der Waals surface area (Å²) in [4.78, 5) is 0.310. The zero-order chi connectivity index (χ0) is 13.9. The fraction of sp³-hybridized carbons (Fsp3) is 0.571. The quantitative estimate of drug-likeness (QED) is 0.872. The Morgan fingerprint density at radius 3 is 2.74 bits per heavy atom. The van der Waals surface area contributed by atoms with Crippen molar-refractivity contribution in [2.75, 3.05) is 12.4 Å². The Balaban J connectivity index is 2.08. The molecule has 0 bridgehead atoms. The number of hydrogen-bond donors (Lipinski definition) is 2. The Kier molecular flexibility index (Phi) is 4.47. The maximum Gasteiger partial charge on any atom is 0.240 e. The smallest absolute Gasteiger partial charge is 0.240 e. The number of hydrogen-bond acceptors (Lipinski definition) is 3. The van der Waals surface area contributed by atoms with Gasteiger partial charge in [0.2, 0.25) is 10.0 Å². The first kappa shape index (κ1) is 14.3. The molecule has 2 rings (SSSR count). The number of rotatable bonds is 5. The molecule has 0 aliphatic heterocycles. The molecule has 2 unspecified atom stereocenters. The van der Waals surface area contributed by atoms with Crippen LogP contribution in [-0.2, 0) is 10.0 Å². The van der Waals surface area contributed by atoms with Crippen LogP contribution in [0.25, 0.3) is 0 Å². The lowest BCUT2D eigenvalue weighted by molar-refractivity contribution is 0.525. The highest BCUT2D eigenvalue weighted by Crippen LogP contribution is 2.30. The lowest BCUT2D eigenvalue weighted by Crippen LogP contribution is -2.19. The highest BCUT2D eigenvalue weighted by Gasteiger charge is 2.23. The first-order valence-corrected chi connectivity index (χ1v) is 8.33. The lowest BCUT2D eigenvalue weighted by atomic mass is 10.1. The molecule has 0 heterocycles. The summed E-state index contributed by atoms with van der Waals surface area (Å²) in [6.07, 6.45) is 4.84. The molecule has 2 atom stereocenters. The van der Waals surface area contributed by atoms with E-state index in [1.54, 1.807) is 18.2 Å². The van der Waals surface area contributed by atoms with Gasteiger partial charge in [0.15, 0.2) is 0 Å². The molecule has 1 aromatic rings. The third kappa shape index (κ3) is 3.48. The van der Waals surface area contributed by atoms with Crippen LogP contribution in [0.5, 0.6) is 0 Å². The summed E-state index contributed by atoms with van der Waals surface area (Å²) in [5.74, 6) is 0.807. The molecular formula is C14H22N2O2S. The second-order valence-corrected chi connectivity index (χ2v) is 7.05. The molecule has 1 aliphatic carbocycles. The van der Waals surface area contributed by atoms with Gasteiger partial charge >= 0.3 is 0 Å². The van der Waals surface area contributed by atoms with Crippen molar-refractivity contribution in [2.45, 2.75) is 43.5 Å². The van der Waals surface area contributed by atoms with E-state index in [-0.39, 0.29) is 0 Å². The summed E-state index contributed by atoms with van der Waals surface area (Å²) in [5.41, 5.74) is 0.887. The van der Waals surface area contributed by atoms with Crippen LogP contribution in [0.3, 0.4) is 0 Å². The molecule has 2 N–H and O–H groups in total. The molecule has 106 valence electrons. The largest absolute Gasteiger partial charge is 0.382 e. The lowest BCUT2D eigenvalue weighted by Gasteiger charge is -2.15. The van der Waals surface area contributed by atoms with Crippen molar-refractivity contribution in [1.82, 2.24) is 4.72 Å². The van der Waals surface area contributed by atoms with Gasteiger partial charge in [0.25, 0.3) is 0 Å². The molecule has 0 amide bonds. The van der Waals surface area contributed by atoms with Gasteiger partial charge in [-0.3, -0.25) is 0 Å². The zero-order valence-electron chi connectivity index (χ0n) is 11.5. The van der Waals surface area contributed by atoms with E-state index in [4.69, 9.17) is 0 Å². The second-order valence-electron chi connectivity index (χ2n) is 5.16. The normalized spacial score (nSPS) is 23.5. The van der Waals surface area contributed by atoms with Crippen molar-refractivity contribution in [3.8, 4) is 0 Å². The average Bonchev–Trinajstić information content (AvgIpc) is 2.87. The summed E-state index contributed by atoms with van der Waals surface area (Å²) >= 11 is 0. The van der Waals surface area contributed by atoms with E-state index in [0.29, 0.717) is 10.9 Å². The van der Waals surface area contributed by atoms with Gasteiger partial charge in [0.1, 0.15) is 0 Å². The SMILES string of the molecule is CCC1CCC(Nc2cccc(S(=O)(=O)NC)c2)C1. The van der Waals surface area contributed by atoms with Gasteiger partial charge in [-0.1, -0.05) is 19.4 Å². The van der Waals surface area contributed by atoms with E-state index in [0.717, 1.165) is 11.6 Å². The molecule has 5 heteroatoms. The molecular weight excluding hydrogens is 260 g/mol. The fourth-order valence-corrected chi connectivity index (χ4v) is 3.46. The Morgan fingerprint density at radius 1 is 1.32 bits per heavy atom. The van der Waals surface area contributed by atoms with Crippen LogP contribution < -0.4 is 10.0 Å². The highest BCUT2D eigenvalue weighted by molar-refractivity contribution is 7.89. The molecule has 19 heavy (non-hydrogen) atoms. The van der Waals surface area contributed by atoms with E-state index in [1.807, 2.05) is 6.07 Å². The average molecular weight is 282 g/mol. The van der Waals surface area contributed by atoms with Crippen LogP contribution in [-0.4, -0.2) is 21.5 Å². The van der Waals surface area contributed by atoms with Crippen molar-refractivity contribution >= 4 is 15.7 Å². The van der Waals surface area contributed by atoms with Gasteiger partial charge < -0.3 is 5.32 Å². The Labute approximate surface area is 115 Å². The zero-order valence-corrected chi connectivity index (χ0v) is 12.3. The molecule has 0 radical (unpaired) electrons. The predicted molar refractivity (Wildman–Crippen MR) is 77.7 cm³/mol. The summed E-state index contributed by atoms with van der Waals surface area (Å²) in [7, 11) is -1.93. The summed E-state index contributed by atoms with van der Waals surface area (Å²) in [6.45, 7) is 2.23. The van der Waals surface area contributed by atoms with Gasteiger partial charge in [-0.25, -0.2) is 13.1 Å². The van der Waals surface area contributed by atoms with Gasteiger partial charge in [-0.05, 0) is 50.4 Å². The molecule has 0 aromatic heterocycles. The van der Waals surface area contributed by atoms with Crippen molar-refractivity contribution in [3.05, 3.63) is 24.3 Å². The third-order valence-corrected chi connectivity index (χ3v) is 5.31. The first-order valence-electron chi connectivity index (χ1n) is 6.85. The van der Waals surface area contributed by atoms with Crippen molar-refractivity contribution < 1.29 is 8.42 Å². The van der Waals surface area contributed by atoms with Crippen LogP contribution >= 0.6 is 0 Å². The Bertz CT molecular complexity index is 528. The Hall–Kier alpha value is -1.07. The first-order chi connectivity index (χ1) is 9.05. The van der Waals surface area contributed by atoms with Crippen molar-refractivity contribution in [3.63, 3.8) is 0 Å². The van der Waals surface area contributed by atoms with E-state index < -0.39 is 10.0 Å². The van der Waals surface area contributed by atoms with Crippen molar-refractivity contribution in [1.29, 1.82) is 0 Å². The molecule has 1 saturated carbocycles. The number of sulfonamides is 1. The van der Waals surface area contributed by atoms with E-state index in [9.17, 15) is 8.42 Å². The number of anilines is 1. The van der Waals surface area contributed by atoms with Gasteiger partial charge in [-0.15, -0.1) is 0 Å². The Morgan fingerprint density at radius 2 is 2.11 bits per heavy atom. The van der Waals surface area contributed by atoms with E-state index in [2.05, 4.69) is 17.0 Å². The van der Waals surface area contributed by atoms with Crippen LogP contribution in [0.2, 0.25) is 0 Å². The minimum Gasteiger partial charge on any atom is -0.382 e. The van der Waals surface area contributed by atoms with Crippen LogP contribution in [0.4, 0.5) is 5.69 Å². The molecule has 0 saturated heterocycles. The van der Waals surface area contributed by atoms with E-state index >= 15 is 0 Å². The van der Waals surface area contributed by atoms with Gasteiger partial charge in [-0.2, -0.15) is 0 Å².